The third-order valence-corrected chi connectivity index (χ3v) is 4.60. The van der Waals surface area contributed by atoms with Crippen LogP contribution in [0.5, 0.6) is 11.8 Å². The van der Waals surface area contributed by atoms with Gasteiger partial charge in [0.15, 0.2) is 5.82 Å². The van der Waals surface area contributed by atoms with Gasteiger partial charge in [0.25, 0.3) is 5.91 Å². The summed E-state index contributed by atoms with van der Waals surface area (Å²) in [4.78, 5) is 25.2. The fourth-order valence-corrected chi connectivity index (χ4v) is 2.99. The summed E-state index contributed by atoms with van der Waals surface area (Å²) >= 11 is 0. The Morgan fingerprint density at radius 2 is 1.94 bits per heavy atom. The standard InChI is InChI=1S/C22H20FN7O2/c1-13(2)30-12-26-29-20(30)17-6-4-7-19(27-17)28-21(31)15-11-18(14(3)10-16(15)23)32-22-24-8-5-9-25-22/h4-13H,1-3H3,(H,27,28,31). The largest absolute Gasteiger partial charge is 0.424 e. The van der Waals surface area contributed by atoms with E-state index in [1.807, 2.05) is 18.4 Å². The van der Waals surface area contributed by atoms with Crippen LogP contribution in [0.15, 0.2) is 55.1 Å². The van der Waals surface area contributed by atoms with Gasteiger partial charge in [-0.15, -0.1) is 10.2 Å². The molecular weight excluding hydrogens is 413 g/mol. The van der Waals surface area contributed by atoms with E-state index >= 15 is 0 Å². The minimum atomic E-state index is -0.683. The van der Waals surface area contributed by atoms with Crippen LogP contribution < -0.4 is 10.1 Å². The molecule has 10 heteroatoms. The van der Waals surface area contributed by atoms with Gasteiger partial charge in [0.1, 0.15) is 29.4 Å². The molecule has 0 fully saturated rings. The van der Waals surface area contributed by atoms with Crippen molar-refractivity contribution in [2.24, 2.45) is 0 Å². The molecule has 0 aliphatic heterocycles. The number of nitrogens with zero attached hydrogens (tertiary/aromatic N) is 6. The molecule has 9 nitrogen and oxygen atoms in total. The highest BCUT2D eigenvalue weighted by Crippen LogP contribution is 2.27. The lowest BCUT2D eigenvalue weighted by molar-refractivity contribution is 0.102. The van der Waals surface area contributed by atoms with Crippen LogP contribution in [0.2, 0.25) is 0 Å². The van der Waals surface area contributed by atoms with Crippen molar-refractivity contribution in [1.82, 2.24) is 29.7 Å². The van der Waals surface area contributed by atoms with Crippen molar-refractivity contribution in [2.75, 3.05) is 5.32 Å². The predicted octanol–water partition coefficient (Wildman–Crippen LogP) is 4.20. The maximum Gasteiger partial charge on any atom is 0.321 e. The molecule has 32 heavy (non-hydrogen) atoms. The number of ether oxygens (including phenoxy) is 1. The van der Waals surface area contributed by atoms with Crippen molar-refractivity contribution in [1.29, 1.82) is 0 Å². The summed E-state index contributed by atoms with van der Waals surface area (Å²) in [5.74, 6) is -0.265. The number of pyridine rings is 1. The van der Waals surface area contributed by atoms with Crippen molar-refractivity contribution in [3.05, 3.63) is 72.1 Å². The number of aromatic nitrogens is 6. The van der Waals surface area contributed by atoms with Crippen LogP contribution in [-0.4, -0.2) is 35.6 Å². The third-order valence-electron chi connectivity index (χ3n) is 4.60. The molecule has 162 valence electrons. The maximum absolute atomic E-state index is 14.6. The molecule has 1 N–H and O–H groups in total. The summed E-state index contributed by atoms with van der Waals surface area (Å²) in [7, 11) is 0. The summed E-state index contributed by atoms with van der Waals surface area (Å²) in [5, 5.41) is 10.7. The van der Waals surface area contributed by atoms with Gasteiger partial charge in [-0.2, -0.15) is 0 Å². The molecule has 0 unspecified atom stereocenters. The summed E-state index contributed by atoms with van der Waals surface area (Å²) in [5.41, 5.74) is 0.836. The van der Waals surface area contributed by atoms with Gasteiger partial charge in [0.05, 0.1) is 5.56 Å². The second-order valence-electron chi connectivity index (χ2n) is 7.25. The number of nitrogens with one attached hydrogen (secondary N) is 1. The molecule has 1 aromatic carbocycles. The Morgan fingerprint density at radius 3 is 2.69 bits per heavy atom. The van der Waals surface area contributed by atoms with Crippen LogP contribution in [0.3, 0.4) is 0 Å². The maximum atomic E-state index is 14.6. The van der Waals surface area contributed by atoms with Crippen LogP contribution in [0, 0.1) is 12.7 Å². The first-order chi connectivity index (χ1) is 15.4. The average Bonchev–Trinajstić information content (AvgIpc) is 3.27. The van der Waals surface area contributed by atoms with Gasteiger partial charge in [-0.3, -0.25) is 4.79 Å². The Hall–Kier alpha value is -4.21. The highest BCUT2D eigenvalue weighted by molar-refractivity contribution is 6.04. The SMILES string of the molecule is Cc1cc(F)c(C(=O)Nc2cccc(-c3nncn3C(C)C)n2)cc1Oc1ncccn1. The van der Waals surface area contributed by atoms with E-state index in [2.05, 4.69) is 30.5 Å². The number of carbonyl (C=O) groups is 1. The Morgan fingerprint density at radius 1 is 1.16 bits per heavy atom. The van der Waals surface area contributed by atoms with E-state index in [0.717, 1.165) is 0 Å². The normalized spacial score (nSPS) is 10.9. The molecule has 0 atom stereocenters. The summed E-state index contributed by atoms with van der Waals surface area (Å²) < 4.78 is 22.0. The smallest absolute Gasteiger partial charge is 0.321 e. The van der Waals surface area contributed by atoms with E-state index in [-0.39, 0.29) is 29.2 Å². The van der Waals surface area contributed by atoms with E-state index in [1.165, 1.54) is 24.5 Å². The lowest BCUT2D eigenvalue weighted by atomic mass is 10.1. The van der Waals surface area contributed by atoms with E-state index in [4.69, 9.17) is 4.74 Å². The Labute approximate surface area is 183 Å². The van der Waals surface area contributed by atoms with Crippen LogP contribution in [0.1, 0.15) is 35.8 Å². The molecule has 0 aliphatic carbocycles. The zero-order valence-electron chi connectivity index (χ0n) is 17.7. The van der Waals surface area contributed by atoms with Gasteiger partial charge in [-0.25, -0.2) is 19.3 Å². The fraction of sp³-hybridized carbons (Fsp3) is 0.182. The minimum absolute atomic E-state index is 0.0946. The second-order valence-corrected chi connectivity index (χ2v) is 7.25. The molecule has 0 saturated heterocycles. The Balaban J connectivity index is 1.59. The van der Waals surface area contributed by atoms with E-state index in [1.54, 1.807) is 37.5 Å². The highest BCUT2D eigenvalue weighted by Gasteiger charge is 2.18. The van der Waals surface area contributed by atoms with Crippen molar-refractivity contribution in [3.63, 3.8) is 0 Å². The Bertz CT molecular complexity index is 1260. The molecule has 4 rings (SSSR count). The Kier molecular flexibility index (Phi) is 5.84. The monoisotopic (exact) mass is 433 g/mol. The second kappa shape index (κ2) is 8.88. The van der Waals surface area contributed by atoms with Gasteiger partial charge in [-0.05, 0) is 56.7 Å². The summed E-state index contributed by atoms with van der Waals surface area (Å²) in [6.45, 7) is 5.66. The van der Waals surface area contributed by atoms with Gasteiger partial charge in [0.2, 0.25) is 0 Å². The molecule has 0 aliphatic rings. The molecule has 3 heterocycles. The van der Waals surface area contributed by atoms with Gasteiger partial charge >= 0.3 is 6.01 Å². The van der Waals surface area contributed by atoms with Gasteiger partial charge in [0, 0.05) is 18.4 Å². The summed E-state index contributed by atoms with van der Waals surface area (Å²) in [6, 6.07) is 9.51. The first kappa shape index (κ1) is 21.0. The average molecular weight is 433 g/mol. The van der Waals surface area contributed by atoms with E-state index in [0.29, 0.717) is 17.1 Å². The number of amides is 1. The van der Waals surface area contributed by atoms with Crippen molar-refractivity contribution < 1.29 is 13.9 Å². The molecule has 4 aromatic rings. The quantitative estimate of drug-likeness (QED) is 0.485. The van der Waals surface area contributed by atoms with Gasteiger partial charge < -0.3 is 14.6 Å². The zero-order chi connectivity index (χ0) is 22.7. The number of aryl methyl sites for hydroxylation is 1. The number of halogens is 1. The number of hydrogen-bond acceptors (Lipinski definition) is 7. The fourth-order valence-electron chi connectivity index (χ4n) is 2.99. The number of rotatable bonds is 6. The number of hydrogen-bond donors (Lipinski definition) is 1. The number of benzene rings is 1. The first-order valence-electron chi connectivity index (χ1n) is 9.85. The van der Waals surface area contributed by atoms with Crippen molar-refractivity contribution in [2.45, 2.75) is 26.8 Å². The highest BCUT2D eigenvalue weighted by atomic mass is 19.1. The molecule has 0 spiro atoms. The molecule has 0 bridgehead atoms. The van der Waals surface area contributed by atoms with Crippen LogP contribution in [0.25, 0.3) is 11.5 Å². The van der Waals surface area contributed by atoms with E-state index in [9.17, 15) is 9.18 Å². The molecular formula is C22H20FN7O2. The molecule has 3 aromatic heterocycles. The molecule has 1 amide bonds. The first-order valence-corrected chi connectivity index (χ1v) is 9.85. The summed E-state index contributed by atoms with van der Waals surface area (Å²) in [6.07, 6.45) is 4.66. The zero-order valence-corrected chi connectivity index (χ0v) is 17.7. The lowest BCUT2D eigenvalue weighted by Gasteiger charge is -2.12. The van der Waals surface area contributed by atoms with Gasteiger partial charge in [-0.1, -0.05) is 6.07 Å². The number of anilines is 1. The van der Waals surface area contributed by atoms with Crippen molar-refractivity contribution in [3.8, 4) is 23.3 Å². The van der Waals surface area contributed by atoms with Crippen LogP contribution in [0.4, 0.5) is 10.2 Å². The van der Waals surface area contributed by atoms with Crippen LogP contribution in [-0.2, 0) is 0 Å². The number of carbonyl (C=O) groups excluding carboxylic acids is 1. The minimum Gasteiger partial charge on any atom is -0.424 e. The molecule has 0 saturated carbocycles. The lowest BCUT2D eigenvalue weighted by Crippen LogP contribution is -2.15. The van der Waals surface area contributed by atoms with E-state index < -0.39 is 11.7 Å². The predicted molar refractivity (Wildman–Crippen MR) is 115 cm³/mol. The van der Waals surface area contributed by atoms with Crippen molar-refractivity contribution >= 4 is 11.7 Å². The topological polar surface area (TPSA) is 108 Å². The molecule has 0 radical (unpaired) electrons. The third kappa shape index (κ3) is 4.43. The van der Waals surface area contributed by atoms with Crippen LogP contribution >= 0.6 is 0 Å².